The summed E-state index contributed by atoms with van der Waals surface area (Å²) in [4.78, 5) is 0. The largest absolute Gasteiger partial charge is 0.350 e. The molecule has 0 spiro atoms. The van der Waals surface area contributed by atoms with Gasteiger partial charge in [0.05, 0.1) is 0 Å². The Bertz CT molecular complexity index is 229. The van der Waals surface area contributed by atoms with Gasteiger partial charge in [0.2, 0.25) is 0 Å². The molecule has 0 aromatic rings. The van der Waals surface area contributed by atoms with Crippen molar-refractivity contribution in [1.29, 1.82) is 0 Å². The van der Waals surface area contributed by atoms with E-state index in [1.807, 2.05) is 0 Å². The number of hydrogen-bond donors (Lipinski definition) is 1. The Morgan fingerprint density at radius 3 is 1.83 bits per heavy atom. The van der Waals surface area contributed by atoms with Gasteiger partial charge >= 0.3 is 0 Å². The standard InChI is InChI=1S/C20H43NO2/c1-5-9-10-11-12-13-15-19(16-14-18-21)20(17-6-2,22-7-3)23-8-4/h19H,5-18,21H2,1-4H3. The maximum absolute atomic E-state index is 6.20. The molecule has 0 aromatic carbocycles. The number of hydrogen-bond acceptors (Lipinski definition) is 3. The van der Waals surface area contributed by atoms with E-state index in [1.165, 1.54) is 44.9 Å². The minimum atomic E-state index is -0.392. The summed E-state index contributed by atoms with van der Waals surface area (Å²) >= 11 is 0. The summed E-state index contributed by atoms with van der Waals surface area (Å²) in [6.07, 6.45) is 13.5. The molecule has 0 bridgehead atoms. The third-order valence-corrected chi connectivity index (χ3v) is 4.66. The highest BCUT2D eigenvalue weighted by Crippen LogP contribution is 2.36. The minimum absolute atomic E-state index is 0.392. The fourth-order valence-electron chi connectivity index (χ4n) is 3.58. The van der Waals surface area contributed by atoms with E-state index >= 15 is 0 Å². The lowest BCUT2D eigenvalue weighted by molar-refractivity contribution is -0.270. The molecule has 0 radical (unpaired) electrons. The first-order valence-electron chi connectivity index (χ1n) is 10.2. The van der Waals surface area contributed by atoms with Crippen LogP contribution in [0.3, 0.4) is 0 Å². The second kappa shape index (κ2) is 15.4. The van der Waals surface area contributed by atoms with Crippen molar-refractivity contribution in [2.24, 2.45) is 11.7 Å². The van der Waals surface area contributed by atoms with Gasteiger partial charge in [-0.2, -0.15) is 0 Å². The first-order chi connectivity index (χ1) is 11.2. The quantitative estimate of drug-likeness (QED) is 0.276. The van der Waals surface area contributed by atoms with E-state index in [0.717, 1.165) is 45.4 Å². The predicted octanol–water partition coefficient (Wildman–Crippen LogP) is 5.66. The molecule has 0 aliphatic heterocycles. The van der Waals surface area contributed by atoms with Gasteiger partial charge in [0.1, 0.15) is 0 Å². The van der Waals surface area contributed by atoms with Crippen LogP contribution < -0.4 is 5.73 Å². The summed E-state index contributed by atoms with van der Waals surface area (Å²) in [5.41, 5.74) is 5.77. The highest BCUT2D eigenvalue weighted by molar-refractivity contribution is 4.80. The molecule has 0 rings (SSSR count). The monoisotopic (exact) mass is 329 g/mol. The van der Waals surface area contributed by atoms with Crippen LogP contribution >= 0.6 is 0 Å². The molecule has 0 aliphatic carbocycles. The van der Waals surface area contributed by atoms with Gasteiger partial charge in [-0.15, -0.1) is 0 Å². The second-order valence-corrected chi connectivity index (χ2v) is 6.61. The zero-order valence-electron chi connectivity index (χ0n) is 16.4. The van der Waals surface area contributed by atoms with Crippen LogP contribution in [0.4, 0.5) is 0 Å². The van der Waals surface area contributed by atoms with Gasteiger partial charge in [-0.25, -0.2) is 0 Å². The molecule has 0 saturated heterocycles. The van der Waals surface area contributed by atoms with Crippen molar-refractivity contribution < 1.29 is 9.47 Å². The molecular formula is C20H43NO2. The molecule has 0 amide bonds. The fourth-order valence-corrected chi connectivity index (χ4v) is 3.58. The third-order valence-electron chi connectivity index (χ3n) is 4.66. The van der Waals surface area contributed by atoms with E-state index < -0.39 is 5.79 Å². The van der Waals surface area contributed by atoms with Gasteiger partial charge in [0, 0.05) is 25.6 Å². The average Bonchev–Trinajstić information content (AvgIpc) is 2.54. The van der Waals surface area contributed by atoms with Crippen LogP contribution in [0.1, 0.15) is 98.3 Å². The highest BCUT2D eigenvalue weighted by atomic mass is 16.7. The Balaban J connectivity index is 4.68. The predicted molar refractivity (Wildman–Crippen MR) is 101 cm³/mol. The Morgan fingerprint density at radius 1 is 0.739 bits per heavy atom. The molecule has 140 valence electrons. The van der Waals surface area contributed by atoms with Crippen LogP contribution in [-0.4, -0.2) is 25.5 Å². The smallest absolute Gasteiger partial charge is 0.170 e. The summed E-state index contributed by atoms with van der Waals surface area (Å²) in [5, 5.41) is 0. The van der Waals surface area contributed by atoms with Crippen molar-refractivity contribution in [3.05, 3.63) is 0 Å². The summed E-state index contributed by atoms with van der Waals surface area (Å²) < 4.78 is 12.4. The molecule has 0 saturated carbocycles. The molecule has 1 atom stereocenters. The maximum atomic E-state index is 6.20. The number of rotatable bonds is 17. The van der Waals surface area contributed by atoms with Crippen molar-refractivity contribution in [2.75, 3.05) is 19.8 Å². The first kappa shape index (κ1) is 22.9. The molecule has 2 N–H and O–H groups in total. The average molecular weight is 330 g/mol. The van der Waals surface area contributed by atoms with E-state index in [-0.39, 0.29) is 0 Å². The lowest BCUT2D eigenvalue weighted by Gasteiger charge is -2.40. The lowest BCUT2D eigenvalue weighted by Crippen LogP contribution is -2.44. The van der Waals surface area contributed by atoms with E-state index in [4.69, 9.17) is 15.2 Å². The number of ether oxygens (including phenoxy) is 2. The highest BCUT2D eigenvalue weighted by Gasteiger charge is 2.38. The van der Waals surface area contributed by atoms with E-state index in [1.54, 1.807) is 0 Å². The molecular weight excluding hydrogens is 286 g/mol. The fraction of sp³-hybridized carbons (Fsp3) is 1.00. The maximum Gasteiger partial charge on any atom is 0.170 e. The normalized spacial score (nSPS) is 13.4. The molecule has 3 nitrogen and oxygen atoms in total. The Labute approximate surface area is 145 Å². The summed E-state index contributed by atoms with van der Waals surface area (Å²) in [5.74, 6) is 0.0775. The van der Waals surface area contributed by atoms with Crippen LogP contribution in [0.25, 0.3) is 0 Å². The summed E-state index contributed by atoms with van der Waals surface area (Å²) in [7, 11) is 0. The van der Waals surface area contributed by atoms with Gasteiger partial charge in [-0.1, -0.05) is 58.8 Å². The number of unbranched alkanes of at least 4 members (excludes halogenated alkanes) is 5. The minimum Gasteiger partial charge on any atom is -0.350 e. The summed E-state index contributed by atoms with van der Waals surface area (Å²) in [6.45, 7) is 10.8. The van der Waals surface area contributed by atoms with Crippen LogP contribution in [0.2, 0.25) is 0 Å². The SMILES string of the molecule is CCCCCCCCC(CCCN)C(CCC)(OCC)OCC. The van der Waals surface area contributed by atoms with Crippen LogP contribution in [0.15, 0.2) is 0 Å². The van der Waals surface area contributed by atoms with Crippen molar-refractivity contribution in [3.63, 3.8) is 0 Å². The van der Waals surface area contributed by atoms with E-state index in [2.05, 4.69) is 27.7 Å². The van der Waals surface area contributed by atoms with Crippen LogP contribution in [-0.2, 0) is 9.47 Å². The zero-order chi connectivity index (χ0) is 17.4. The Hall–Kier alpha value is -0.120. The van der Waals surface area contributed by atoms with E-state index in [0.29, 0.717) is 5.92 Å². The molecule has 23 heavy (non-hydrogen) atoms. The van der Waals surface area contributed by atoms with E-state index in [9.17, 15) is 0 Å². The van der Waals surface area contributed by atoms with Crippen LogP contribution in [0.5, 0.6) is 0 Å². The molecule has 0 fully saturated rings. The molecule has 3 heteroatoms. The topological polar surface area (TPSA) is 44.5 Å². The Kier molecular flexibility index (Phi) is 15.3. The molecule has 0 heterocycles. The molecule has 0 aliphatic rings. The third kappa shape index (κ3) is 9.69. The molecule has 0 aromatic heterocycles. The number of nitrogens with two attached hydrogens (primary N) is 1. The molecule has 1 unspecified atom stereocenters. The van der Waals surface area contributed by atoms with Crippen molar-refractivity contribution in [1.82, 2.24) is 0 Å². The van der Waals surface area contributed by atoms with Gasteiger partial charge in [-0.05, 0) is 39.7 Å². The first-order valence-corrected chi connectivity index (χ1v) is 10.2. The van der Waals surface area contributed by atoms with Crippen molar-refractivity contribution in [2.45, 2.75) is 104 Å². The Morgan fingerprint density at radius 2 is 1.30 bits per heavy atom. The zero-order valence-corrected chi connectivity index (χ0v) is 16.4. The van der Waals surface area contributed by atoms with Crippen molar-refractivity contribution >= 4 is 0 Å². The second-order valence-electron chi connectivity index (χ2n) is 6.61. The van der Waals surface area contributed by atoms with Gasteiger partial charge in [0.15, 0.2) is 5.79 Å². The van der Waals surface area contributed by atoms with Gasteiger partial charge in [-0.3, -0.25) is 0 Å². The van der Waals surface area contributed by atoms with Crippen LogP contribution in [0, 0.1) is 5.92 Å². The lowest BCUT2D eigenvalue weighted by atomic mass is 9.85. The van der Waals surface area contributed by atoms with Gasteiger partial charge in [0.25, 0.3) is 0 Å². The van der Waals surface area contributed by atoms with Gasteiger partial charge < -0.3 is 15.2 Å². The summed E-state index contributed by atoms with van der Waals surface area (Å²) in [6, 6.07) is 0. The van der Waals surface area contributed by atoms with Crippen molar-refractivity contribution in [3.8, 4) is 0 Å².